The van der Waals surface area contributed by atoms with Gasteiger partial charge in [-0.05, 0) is 42.9 Å². The minimum atomic E-state index is 0.996. The van der Waals surface area contributed by atoms with Crippen molar-refractivity contribution in [3.05, 3.63) is 53.3 Å². The van der Waals surface area contributed by atoms with Gasteiger partial charge in [-0.1, -0.05) is 50.6 Å². The fourth-order valence-electron chi connectivity index (χ4n) is 1.67. The molecule has 0 unspecified atom stereocenters. The second-order valence-corrected chi connectivity index (χ2v) is 4.10. The van der Waals surface area contributed by atoms with Crippen LogP contribution in [0.5, 0.6) is 0 Å². The molecule has 1 aromatic carbocycles. The zero-order chi connectivity index (χ0) is 11.6. The maximum Gasteiger partial charge on any atom is -0.00213 e. The smallest absolute Gasteiger partial charge is 0.00213 e. The Kier molecular flexibility index (Phi) is 6.37. The summed E-state index contributed by atoms with van der Waals surface area (Å²) in [4.78, 5) is 0. The molecule has 0 saturated heterocycles. The second kappa shape index (κ2) is 7.96. The summed E-state index contributed by atoms with van der Waals surface area (Å²) >= 11 is 0. The molecule has 0 heterocycles. The minimum Gasteiger partial charge on any atom is -0.126 e. The minimum absolute atomic E-state index is 0.996. The summed E-state index contributed by atoms with van der Waals surface area (Å²) in [6.45, 7) is 4.45. The first-order valence-corrected chi connectivity index (χ1v) is 6.33. The molecule has 0 aliphatic carbocycles. The summed E-state index contributed by atoms with van der Waals surface area (Å²) in [5.41, 5.74) is 6.26. The molecule has 1 aromatic rings. The van der Waals surface area contributed by atoms with E-state index in [0.29, 0.717) is 0 Å². The maximum absolute atomic E-state index is 3.44. The molecule has 0 amide bonds. The van der Waals surface area contributed by atoms with Crippen LogP contribution in [0.2, 0.25) is 0 Å². The highest BCUT2D eigenvalue weighted by molar-refractivity contribution is 5.18. The fraction of sp³-hybridized carbons (Fsp3) is 0.438. The van der Waals surface area contributed by atoms with Crippen LogP contribution in [0.1, 0.15) is 45.1 Å². The number of rotatable bonds is 6. The maximum atomic E-state index is 3.44. The van der Waals surface area contributed by atoms with Crippen LogP contribution >= 0.6 is 0 Å². The first kappa shape index (κ1) is 12.8. The van der Waals surface area contributed by atoms with Crippen LogP contribution in [-0.2, 0) is 6.42 Å². The summed E-state index contributed by atoms with van der Waals surface area (Å²) in [7, 11) is 0. The summed E-state index contributed by atoms with van der Waals surface area (Å²) in [6, 6.07) is 10.6. The lowest BCUT2D eigenvalue weighted by Crippen LogP contribution is -1.81. The largest absolute Gasteiger partial charge is 0.126 e. The Hall–Kier alpha value is -1.26. The molecule has 0 atom stereocenters. The van der Waals surface area contributed by atoms with Gasteiger partial charge >= 0.3 is 0 Å². The molecule has 0 spiro atoms. The standard InChI is InChI=1S/C16H22/c1-3-5-10-15(4-2)13-9-14-16-11-7-6-8-12-16/h6-9,11-12H,3-5,10,14H2,1-2H3. The van der Waals surface area contributed by atoms with Gasteiger partial charge in [0.25, 0.3) is 0 Å². The molecule has 0 fully saturated rings. The molecule has 1 rings (SSSR count). The Labute approximate surface area is 99.7 Å². The van der Waals surface area contributed by atoms with Gasteiger partial charge in [0.15, 0.2) is 0 Å². The van der Waals surface area contributed by atoms with Gasteiger partial charge in [-0.15, -0.1) is 5.73 Å². The molecule has 0 aliphatic heterocycles. The van der Waals surface area contributed by atoms with E-state index in [-0.39, 0.29) is 0 Å². The molecule has 0 heteroatoms. The third-order valence-electron chi connectivity index (χ3n) is 2.75. The van der Waals surface area contributed by atoms with Crippen LogP contribution in [0.4, 0.5) is 0 Å². The molecule has 16 heavy (non-hydrogen) atoms. The van der Waals surface area contributed by atoms with Gasteiger partial charge in [-0.2, -0.15) is 0 Å². The highest BCUT2D eigenvalue weighted by Crippen LogP contribution is 2.09. The van der Waals surface area contributed by atoms with Crippen molar-refractivity contribution in [1.29, 1.82) is 0 Å². The van der Waals surface area contributed by atoms with Gasteiger partial charge in [0.2, 0.25) is 0 Å². The zero-order valence-electron chi connectivity index (χ0n) is 10.5. The zero-order valence-corrected chi connectivity index (χ0v) is 10.5. The number of unbranched alkanes of at least 4 members (excludes halogenated alkanes) is 1. The van der Waals surface area contributed by atoms with Gasteiger partial charge in [-0.3, -0.25) is 0 Å². The summed E-state index contributed by atoms with van der Waals surface area (Å²) < 4.78 is 0. The van der Waals surface area contributed by atoms with Crippen molar-refractivity contribution in [2.24, 2.45) is 0 Å². The van der Waals surface area contributed by atoms with Crippen LogP contribution in [0.25, 0.3) is 0 Å². The van der Waals surface area contributed by atoms with Gasteiger partial charge in [0.05, 0.1) is 0 Å². The first-order valence-electron chi connectivity index (χ1n) is 6.33. The van der Waals surface area contributed by atoms with Gasteiger partial charge < -0.3 is 0 Å². The van der Waals surface area contributed by atoms with Crippen LogP contribution in [0, 0.1) is 0 Å². The summed E-state index contributed by atoms with van der Waals surface area (Å²) in [6.07, 6.45) is 8.06. The molecular formula is C16H22. The fourth-order valence-corrected chi connectivity index (χ4v) is 1.67. The first-order chi connectivity index (χ1) is 7.86. The van der Waals surface area contributed by atoms with Crippen molar-refractivity contribution in [3.63, 3.8) is 0 Å². The van der Waals surface area contributed by atoms with Crippen LogP contribution in [-0.4, -0.2) is 0 Å². The van der Waals surface area contributed by atoms with Crippen LogP contribution < -0.4 is 0 Å². The van der Waals surface area contributed by atoms with Gasteiger partial charge in [0.1, 0.15) is 0 Å². The van der Waals surface area contributed by atoms with Gasteiger partial charge in [0, 0.05) is 0 Å². The van der Waals surface area contributed by atoms with Crippen molar-refractivity contribution >= 4 is 0 Å². The highest BCUT2D eigenvalue weighted by Gasteiger charge is 1.91. The Bertz CT molecular complexity index is 340. The molecule has 0 bridgehead atoms. The molecule has 0 nitrogen and oxygen atoms in total. The van der Waals surface area contributed by atoms with E-state index in [4.69, 9.17) is 0 Å². The van der Waals surface area contributed by atoms with E-state index in [1.54, 1.807) is 0 Å². The van der Waals surface area contributed by atoms with E-state index in [9.17, 15) is 0 Å². The van der Waals surface area contributed by atoms with E-state index in [2.05, 4.69) is 56.0 Å². The average molecular weight is 214 g/mol. The quantitative estimate of drug-likeness (QED) is 0.590. The van der Waals surface area contributed by atoms with Gasteiger partial charge in [-0.25, -0.2) is 0 Å². The molecule has 0 radical (unpaired) electrons. The lowest BCUT2D eigenvalue weighted by molar-refractivity contribution is 0.767. The molecule has 0 saturated carbocycles. The predicted octanol–water partition coefficient (Wildman–Crippen LogP) is 4.91. The SMILES string of the molecule is CCCCC(=C=CCc1ccccc1)CC. The normalized spacial score (nSPS) is 9.62. The summed E-state index contributed by atoms with van der Waals surface area (Å²) in [5.74, 6) is 0. The van der Waals surface area contributed by atoms with E-state index in [0.717, 1.165) is 12.8 Å². The van der Waals surface area contributed by atoms with E-state index in [1.807, 2.05) is 0 Å². The Balaban J connectivity index is 2.53. The van der Waals surface area contributed by atoms with Crippen molar-refractivity contribution in [2.45, 2.75) is 46.0 Å². The lowest BCUT2D eigenvalue weighted by atomic mass is 10.1. The molecular weight excluding hydrogens is 192 g/mol. The molecule has 0 aliphatic rings. The third kappa shape index (κ3) is 5.00. The Morgan fingerprint density at radius 3 is 2.56 bits per heavy atom. The topological polar surface area (TPSA) is 0 Å². The van der Waals surface area contributed by atoms with Crippen molar-refractivity contribution in [1.82, 2.24) is 0 Å². The monoisotopic (exact) mass is 214 g/mol. The third-order valence-corrected chi connectivity index (χ3v) is 2.75. The van der Waals surface area contributed by atoms with Crippen LogP contribution in [0.3, 0.4) is 0 Å². The van der Waals surface area contributed by atoms with E-state index >= 15 is 0 Å². The average Bonchev–Trinajstić information content (AvgIpc) is 2.35. The second-order valence-electron chi connectivity index (χ2n) is 4.10. The predicted molar refractivity (Wildman–Crippen MR) is 71.6 cm³/mol. The van der Waals surface area contributed by atoms with Crippen molar-refractivity contribution < 1.29 is 0 Å². The Morgan fingerprint density at radius 2 is 1.94 bits per heavy atom. The van der Waals surface area contributed by atoms with E-state index < -0.39 is 0 Å². The van der Waals surface area contributed by atoms with Crippen LogP contribution in [0.15, 0.2) is 47.7 Å². The highest BCUT2D eigenvalue weighted by atomic mass is 14.0. The molecule has 0 N–H and O–H groups in total. The molecule has 0 aromatic heterocycles. The number of hydrogen-bond donors (Lipinski definition) is 0. The number of benzene rings is 1. The van der Waals surface area contributed by atoms with E-state index in [1.165, 1.54) is 30.4 Å². The lowest BCUT2D eigenvalue weighted by Gasteiger charge is -1.98. The molecule has 86 valence electrons. The number of allylic oxidation sites excluding steroid dienone is 1. The van der Waals surface area contributed by atoms with Crippen molar-refractivity contribution in [2.75, 3.05) is 0 Å². The Morgan fingerprint density at radius 1 is 1.19 bits per heavy atom. The van der Waals surface area contributed by atoms with Crippen molar-refractivity contribution in [3.8, 4) is 0 Å². The number of hydrogen-bond acceptors (Lipinski definition) is 0. The summed E-state index contributed by atoms with van der Waals surface area (Å²) in [5, 5.41) is 0.